The van der Waals surface area contributed by atoms with Crippen LogP contribution in [0.25, 0.3) is 0 Å². The molecule has 1 aromatic carbocycles. The van der Waals surface area contributed by atoms with E-state index in [-0.39, 0.29) is 11.8 Å². The van der Waals surface area contributed by atoms with Gasteiger partial charge in [-0.2, -0.15) is 0 Å². The third-order valence-electron chi connectivity index (χ3n) is 3.84. The first-order chi connectivity index (χ1) is 12.1. The second kappa shape index (κ2) is 8.19. The molecule has 132 valence electrons. The molecule has 0 bridgehead atoms. The molecule has 1 aromatic heterocycles. The van der Waals surface area contributed by atoms with Gasteiger partial charge in [-0.15, -0.1) is 0 Å². The minimum Gasteiger partial charge on any atom is -0.379 e. The molecule has 0 radical (unpaired) electrons. The van der Waals surface area contributed by atoms with Crippen molar-refractivity contribution in [3.05, 3.63) is 40.9 Å². The molecule has 0 saturated carbocycles. The van der Waals surface area contributed by atoms with Crippen LogP contribution in [0.2, 0.25) is 0 Å². The number of ether oxygens (including phenoxy) is 1. The molecule has 0 aliphatic carbocycles. The summed E-state index contributed by atoms with van der Waals surface area (Å²) in [6.45, 7) is 5.01. The van der Waals surface area contributed by atoms with Crippen LogP contribution in [0.15, 0.2) is 30.5 Å². The number of morpholine rings is 1. The van der Waals surface area contributed by atoms with Crippen LogP contribution in [0.3, 0.4) is 0 Å². The van der Waals surface area contributed by atoms with Crippen molar-refractivity contribution >= 4 is 34.0 Å². The van der Waals surface area contributed by atoms with Gasteiger partial charge in [0.2, 0.25) is 5.91 Å². The molecule has 25 heavy (non-hydrogen) atoms. The number of nitrogens with one attached hydrogen (secondary N) is 2. The Balaban J connectivity index is 1.55. The summed E-state index contributed by atoms with van der Waals surface area (Å²) in [4.78, 5) is 31.0. The summed E-state index contributed by atoms with van der Waals surface area (Å²) in [6, 6.07) is 7.56. The lowest BCUT2D eigenvalue weighted by molar-refractivity contribution is -0.118. The number of thiazole rings is 1. The Morgan fingerprint density at radius 2 is 2.00 bits per heavy atom. The molecule has 2 heterocycles. The number of aromatic nitrogens is 1. The highest BCUT2D eigenvalue weighted by Gasteiger charge is 2.16. The molecule has 1 fully saturated rings. The number of carbonyl (C=O) groups is 2. The molecule has 1 aliphatic rings. The largest absolute Gasteiger partial charge is 0.379 e. The average Bonchev–Trinajstić information content (AvgIpc) is 3.06. The third kappa shape index (κ3) is 4.85. The normalized spacial score (nSPS) is 14.9. The van der Waals surface area contributed by atoms with E-state index < -0.39 is 0 Å². The molecule has 3 rings (SSSR count). The van der Waals surface area contributed by atoms with Gasteiger partial charge < -0.3 is 15.4 Å². The van der Waals surface area contributed by atoms with Crippen molar-refractivity contribution in [2.75, 3.05) is 43.5 Å². The highest BCUT2D eigenvalue weighted by molar-refractivity contribution is 7.17. The summed E-state index contributed by atoms with van der Waals surface area (Å²) < 4.78 is 5.26. The topological polar surface area (TPSA) is 83.6 Å². The second-order valence-corrected chi connectivity index (χ2v) is 6.77. The summed E-state index contributed by atoms with van der Waals surface area (Å²) in [7, 11) is 0. The smallest absolute Gasteiger partial charge is 0.267 e. The van der Waals surface area contributed by atoms with Gasteiger partial charge in [0.25, 0.3) is 5.91 Å². The summed E-state index contributed by atoms with van der Waals surface area (Å²) >= 11 is 1.16. The first kappa shape index (κ1) is 17.5. The standard InChI is InChI=1S/C17H20N4O3S/c1-12-4-2-3-5-13(12)19-16(23)14-10-18-17(25-14)20-15(22)11-21-6-8-24-9-7-21/h2-5,10H,6-9,11H2,1H3,(H,19,23)(H,18,20,22). The quantitative estimate of drug-likeness (QED) is 0.852. The van der Waals surface area contributed by atoms with Crippen LogP contribution in [-0.4, -0.2) is 54.5 Å². The SMILES string of the molecule is Cc1ccccc1NC(=O)c1cnc(NC(=O)CN2CCOCC2)s1. The first-order valence-electron chi connectivity index (χ1n) is 8.04. The van der Waals surface area contributed by atoms with E-state index in [4.69, 9.17) is 4.74 Å². The number of anilines is 2. The minimum atomic E-state index is -0.236. The molecule has 8 heteroatoms. The van der Waals surface area contributed by atoms with Gasteiger partial charge >= 0.3 is 0 Å². The van der Waals surface area contributed by atoms with Crippen molar-refractivity contribution in [1.29, 1.82) is 0 Å². The lowest BCUT2D eigenvalue weighted by atomic mass is 10.2. The average molecular weight is 360 g/mol. The van der Waals surface area contributed by atoms with Crippen LogP contribution in [0.4, 0.5) is 10.8 Å². The molecule has 2 N–H and O–H groups in total. The van der Waals surface area contributed by atoms with Gasteiger partial charge in [0.05, 0.1) is 26.0 Å². The lowest BCUT2D eigenvalue weighted by Crippen LogP contribution is -2.41. The summed E-state index contributed by atoms with van der Waals surface area (Å²) in [5.74, 6) is -0.373. The van der Waals surface area contributed by atoms with Crippen LogP contribution in [0.5, 0.6) is 0 Å². The van der Waals surface area contributed by atoms with Crippen LogP contribution in [-0.2, 0) is 9.53 Å². The Bertz CT molecular complexity index is 756. The zero-order chi connectivity index (χ0) is 17.6. The molecule has 2 aromatic rings. The fourth-order valence-corrected chi connectivity index (χ4v) is 3.18. The van der Waals surface area contributed by atoms with Crippen molar-refractivity contribution in [1.82, 2.24) is 9.88 Å². The maximum absolute atomic E-state index is 12.3. The van der Waals surface area contributed by atoms with Gasteiger partial charge in [-0.25, -0.2) is 4.98 Å². The van der Waals surface area contributed by atoms with E-state index in [0.29, 0.717) is 29.8 Å². The summed E-state index contributed by atoms with van der Waals surface area (Å²) in [5, 5.41) is 6.03. The van der Waals surface area contributed by atoms with Gasteiger partial charge in [-0.1, -0.05) is 29.5 Å². The van der Waals surface area contributed by atoms with E-state index in [1.165, 1.54) is 6.20 Å². The van der Waals surface area contributed by atoms with Crippen molar-refractivity contribution in [3.63, 3.8) is 0 Å². The molecular weight excluding hydrogens is 340 g/mol. The van der Waals surface area contributed by atoms with Crippen molar-refractivity contribution in [3.8, 4) is 0 Å². The van der Waals surface area contributed by atoms with Gasteiger partial charge in [0.1, 0.15) is 4.88 Å². The van der Waals surface area contributed by atoms with E-state index >= 15 is 0 Å². The maximum atomic E-state index is 12.3. The van der Waals surface area contributed by atoms with Crippen molar-refractivity contribution < 1.29 is 14.3 Å². The number of aryl methyl sites for hydroxylation is 1. The Labute approximate surface area is 150 Å². The lowest BCUT2D eigenvalue weighted by Gasteiger charge is -2.25. The minimum absolute atomic E-state index is 0.137. The van der Waals surface area contributed by atoms with Crippen LogP contribution >= 0.6 is 11.3 Å². The molecule has 7 nitrogen and oxygen atoms in total. The fourth-order valence-electron chi connectivity index (χ4n) is 2.46. The summed E-state index contributed by atoms with van der Waals surface area (Å²) in [5.41, 5.74) is 1.75. The molecule has 1 aliphatic heterocycles. The number of hydrogen-bond donors (Lipinski definition) is 2. The van der Waals surface area contributed by atoms with Crippen LogP contribution in [0, 0.1) is 6.92 Å². The Hall–Kier alpha value is -2.29. The van der Waals surface area contributed by atoms with Gasteiger partial charge in [0, 0.05) is 18.8 Å². The second-order valence-electron chi connectivity index (χ2n) is 5.74. The van der Waals surface area contributed by atoms with E-state index in [2.05, 4.69) is 15.6 Å². The fraction of sp³-hybridized carbons (Fsp3) is 0.353. The molecule has 0 atom stereocenters. The van der Waals surface area contributed by atoms with E-state index in [9.17, 15) is 9.59 Å². The molecule has 0 spiro atoms. The number of hydrogen-bond acceptors (Lipinski definition) is 6. The Morgan fingerprint density at radius 1 is 1.24 bits per heavy atom. The molecule has 1 saturated heterocycles. The van der Waals surface area contributed by atoms with Gasteiger partial charge in [-0.05, 0) is 18.6 Å². The van der Waals surface area contributed by atoms with Gasteiger partial charge in [0.15, 0.2) is 5.13 Å². The maximum Gasteiger partial charge on any atom is 0.267 e. The number of rotatable bonds is 5. The molecular formula is C17H20N4O3S. The summed E-state index contributed by atoms with van der Waals surface area (Å²) in [6.07, 6.45) is 1.47. The highest BCUT2D eigenvalue weighted by atomic mass is 32.1. The monoisotopic (exact) mass is 360 g/mol. The van der Waals surface area contributed by atoms with E-state index in [1.807, 2.05) is 36.1 Å². The molecule has 0 unspecified atom stereocenters. The van der Waals surface area contributed by atoms with E-state index in [0.717, 1.165) is 35.7 Å². The van der Waals surface area contributed by atoms with Crippen molar-refractivity contribution in [2.45, 2.75) is 6.92 Å². The first-order valence-corrected chi connectivity index (χ1v) is 8.86. The third-order valence-corrected chi connectivity index (χ3v) is 4.75. The van der Waals surface area contributed by atoms with Crippen molar-refractivity contribution in [2.24, 2.45) is 0 Å². The van der Waals surface area contributed by atoms with E-state index in [1.54, 1.807) is 0 Å². The highest BCUT2D eigenvalue weighted by Crippen LogP contribution is 2.21. The number of para-hydroxylation sites is 1. The predicted octanol–water partition coefficient (Wildman–Crippen LogP) is 1.97. The van der Waals surface area contributed by atoms with Gasteiger partial charge in [-0.3, -0.25) is 14.5 Å². The zero-order valence-corrected chi connectivity index (χ0v) is 14.8. The van der Waals surface area contributed by atoms with Crippen LogP contribution < -0.4 is 10.6 Å². The number of amides is 2. The Kier molecular flexibility index (Phi) is 5.75. The Morgan fingerprint density at radius 3 is 2.76 bits per heavy atom. The predicted molar refractivity (Wildman–Crippen MR) is 97.1 cm³/mol. The zero-order valence-electron chi connectivity index (χ0n) is 13.9. The molecule has 2 amide bonds. The van der Waals surface area contributed by atoms with Crippen LogP contribution in [0.1, 0.15) is 15.2 Å². The number of carbonyl (C=O) groups excluding carboxylic acids is 2. The number of nitrogens with zero attached hydrogens (tertiary/aromatic N) is 2. The number of benzene rings is 1.